The second kappa shape index (κ2) is 5.69. The van der Waals surface area contributed by atoms with Gasteiger partial charge in [-0.2, -0.15) is 0 Å². The van der Waals surface area contributed by atoms with Gasteiger partial charge in [-0.3, -0.25) is 5.84 Å². The van der Waals surface area contributed by atoms with Gasteiger partial charge < -0.3 is 5.73 Å². The van der Waals surface area contributed by atoms with Crippen molar-refractivity contribution in [2.24, 2.45) is 5.84 Å². The van der Waals surface area contributed by atoms with Crippen LogP contribution in [0.2, 0.25) is 0 Å². The molecule has 0 aromatic heterocycles. The van der Waals surface area contributed by atoms with Gasteiger partial charge in [0.25, 0.3) is 0 Å². The number of aryl methyl sites for hydroxylation is 1. The van der Waals surface area contributed by atoms with Crippen LogP contribution in [0, 0.1) is 6.92 Å². The maximum absolute atomic E-state index is 12.3. The normalized spacial score (nSPS) is 13.8. The monoisotopic (exact) mass is 271 g/mol. The van der Waals surface area contributed by atoms with E-state index in [1.54, 1.807) is 19.1 Å². The first-order chi connectivity index (χ1) is 8.34. The summed E-state index contributed by atoms with van der Waals surface area (Å²) < 4.78 is 25.4. The highest BCUT2D eigenvalue weighted by Crippen LogP contribution is 2.29. The smallest absolute Gasteiger partial charge is 0.233 e. The first-order valence-electron chi connectivity index (χ1n) is 5.96. The summed E-state index contributed by atoms with van der Waals surface area (Å²) in [6.45, 7) is 5.65. The number of benzene rings is 1. The minimum atomic E-state index is -3.51. The number of nitrogens with two attached hydrogens (primary N) is 2. The van der Waals surface area contributed by atoms with Gasteiger partial charge in [-0.25, -0.2) is 8.42 Å². The molecule has 1 rings (SSSR count). The number of hydrogen-bond donors (Lipinski definition) is 2. The fourth-order valence-corrected chi connectivity index (χ4v) is 3.46. The van der Waals surface area contributed by atoms with Crippen molar-refractivity contribution < 1.29 is 8.42 Å². The largest absolute Gasteiger partial charge is 0.399 e. The van der Waals surface area contributed by atoms with E-state index in [1.165, 1.54) is 0 Å². The molecular formula is C12H21N3O2S. The highest BCUT2D eigenvalue weighted by Gasteiger charge is 2.29. The van der Waals surface area contributed by atoms with Gasteiger partial charge in [0.15, 0.2) is 0 Å². The lowest BCUT2D eigenvalue weighted by molar-refractivity contribution is 0.433. The van der Waals surface area contributed by atoms with Crippen molar-refractivity contribution in [3.63, 3.8) is 0 Å². The Morgan fingerprint density at radius 2 is 1.94 bits per heavy atom. The Labute approximate surface area is 109 Å². The lowest BCUT2D eigenvalue weighted by Gasteiger charge is -2.23. The Bertz CT molecular complexity index is 514. The zero-order chi connectivity index (χ0) is 13.9. The van der Waals surface area contributed by atoms with E-state index in [2.05, 4.69) is 0 Å². The van der Waals surface area contributed by atoms with Crippen LogP contribution in [0.15, 0.2) is 18.2 Å². The number of hydrogen-bond acceptors (Lipinski definition) is 4. The quantitative estimate of drug-likeness (QED) is 0.483. The fraction of sp³-hybridized carbons (Fsp3) is 0.500. The Morgan fingerprint density at radius 1 is 1.33 bits per heavy atom. The van der Waals surface area contributed by atoms with E-state index in [0.717, 1.165) is 15.5 Å². The van der Waals surface area contributed by atoms with Crippen LogP contribution < -0.4 is 11.6 Å². The molecule has 6 heteroatoms. The summed E-state index contributed by atoms with van der Waals surface area (Å²) in [4.78, 5) is 0. The molecule has 5 nitrogen and oxygen atoms in total. The molecule has 102 valence electrons. The van der Waals surface area contributed by atoms with Crippen molar-refractivity contribution in [3.05, 3.63) is 29.3 Å². The minimum absolute atomic E-state index is 0.257. The number of nitrogen functional groups attached to an aromatic ring is 1. The lowest BCUT2D eigenvalue weighted by atomic mass is 10.1. The molecule has 0 spiro atoms. The van der Waals surface area contributed by atoms with E-state index < -0.39 is 15.3 Å². The molecule has 0 aliphatic carbocycles. The third-order valence-corrected chi connectivity index (χ3v) is 5.27. The third kappa shape index (κ3) is 2.82. The SMILES string of the molecule is CCC(c1ccc(N)c(C)c1)S(=O)(=O)N(N)CC. The van der Waals surface area contributed by atoms with Crippen LogP contribution in [0.25, 0.3) is 0 Å². The van der Waals surface area contributed by atoms with Gasteiger partial charge in [0.1, 0.15) is 5.25 Å². The lowest BCUT2D eigenvalue weighted by Crippen LogP contribution is -2.40. The molecule has 0 saturated carbocycles. The van der Waals surface area contributed by atoms with E-state index in [1.807, 2.05) is 19.9 Å². The van der Waals surface area contributed by atoms with Crippen LogP contribution in [0.1, 0.15) is 36.6 Å². The minimum Gasteiger partial charge on any atom is -0.399 e. The topological polar surface area (TPSA) is 89.4 Å². The van der Waals surface area contributed by atoms with Crippen molar-refractivity contribution in [3.8, 4) is 0 Å². The molecule has 0 aliphatic heterocycles. The maximum atomic E-state index is 12.3. The summed E-state index contributed by atoms with van der Waals surface area (Å²) in [6, 6.07) is 5.29. The van der Waals surface area contributed by atoms with Crippen molar-refractivity contribution in [1.29, 1.82) is 0 Å². The summed E-state index contributed by atoms with van der Waals surface area (Å²) >= 11 is 0. The first-order valence-corrected chi connectivity index (χ1v) is 7.47. The Morgan fingerprint density at radius 3 is 2.39 bits per heavy atom. The van der Waals surface area contributed by atoms with Crippen LogP contribution in [0.3, 0.4) is 0 Å². The van der Waals surface area contributed by atoms with E-state index in [4.69, 9.17) is 11.6 Å². The predicted octanol–water partition coefficient (Wildman–Crippen LogP) is 1.55. The van der Waals surface area contributed by atoms with Gasteiger partial charge in [0.05, 0.1) is 0 Å². The van der Waals surface area contributed by atoms with Gasteiger partial charge in [-0.15, -0.1) is 4.41 Å². The van der Waals surface area contributed by atoms with Gasteiger partial charge in [-0.1, -0.05) is 19.1 Å². The first kappa shape index (κ1) is 14.9. The van der Waals surface area contributed by atoms with E-state index in [9.17, 15) is 8.42 Å². The second-order valence-electron chi connectivity index (χ2n) is 4.26. The molecule has 0 amide bonds. The summed E-state index contributed by atoms with van der Waals surface area (Å²) in [5, 5.41) is -0.623. The number of sulfonamides is 1. The molecular weight excluding hydrogens is 250 g/mol. The van der Waals surface area contributed by atoms with Gasteiger partial charge in [0, 0.05) is 12.2 Å². The Kier molecular flexibility index (Phi) is 4.72. The molecule has 1 aromatic carbocycles. The number of rotatable bonds is 5. The molecule has 0 fully saturated rings. The maximum Gasteiger partial charge on any atom is 0.233 e. The molecule has 0 aliphatic rings. The average molecular weight is 271 g/mol. The number of anilines is 1. The Balaban J connectivity index is 3.22. The zero-order valence-electron chi connectivity index (χ0n) is 11.1. The highest BCUT2D eigenvalue weighted by atomic mass is 32.2. The van der Waals surface area contributed by atoms with E-state index >= 15 is 0 Å². The van der Waals surface area contributed by atoms with Crippen LogP contribution in [-0.4, -0.2) is 19.4 Å². The van der Waals surface area contributed by atoms with Gasteiger partial charge in [-0.05, 0) is 37.5 Å². The molecule has 0 bridgehead atoms. The van der Waals surface area contributed by atoms with Crippen molar-refractivity contribution in [1.82, 2.24) is 4.41 Å². The summed E-state index contributed by atoms with van der Waals surface area (Å²) in [5.41, 5.74) is 8.01. The zero-order valence-corrected chi connectivity index (χ0v) is 11.9. The molecule has 0 radical (unpaired) electrons. The standard InChI is InChI=1S/C12H21N3O2S/c1-4-12(18(16,17)15(14)5-2)10-6-7-11(13)9(3)8-10/h6-8,12H,4-5,13-14H2,1-3H3. The Hall–Kier alpha value is -1.11. The predicted molar refractivity (Wildman–Crippen MR) is 74.1 cm³/mol. The molecule has 1 unspecified atom stereocenters. The molecule has 0 heterocycles. The molecule has 0 saturated heterocycles. The third-order valence-electron chi connectivity index (χ3n) is 3.03. The van der Waals surface area contributed by atoms with Crippen molar-refractivity contribution in [2.75, 3.05) is 12.3 Å². The summed E-state index contributed by atoms with van der Waals surface area (Å²) in [5.74, 6) is 5.55. The van der Waals surface area contributed by atoms with Gasteiger partial charge in [0.2, 0.25) is 10.0 Å². The van der Waals surface area contributed by atoms with E-state index in [-0.39, 0.29) is 6.54 Å². The summed E-state index contributed by atoms with van der Waals surface area (Å²) in [6.07, 6.45) is 0.472. The average Bonchev–Trinajstić information content (AvgIpc) is 2.33. The van der Waals surface area contributed by atoms with Crippen molar-refractivity contribution >= 4 is 15.7 Å². The number of hydrazine groups is 1. The van der Waals surface area contributed by atoms with Crippen LogP contribution in [-0.2, 0) is 10.0 Å². The second-order valence-corrected chi connectivity index (χ2v) is 6.33. The van der Waals surface area contributed by atoms with Crippen LogP contribution in [0.4, 0.5) is 5.69 Å². The number of nitrogens with zero attached hydrogens (tertiary/aromatic N) is 1. The van der Waals surface area contributed by atoms with Crippen molar-refractivity contribution in [2.45, 2.75) is 32.4 Å². The molecule has 18 heavy (non-hydrogen) atoms. The summed E-state index contributed by atoms with van der Waals surface area (Å²) in [7, 11) is -3.51. The van der Waals surface area contributed by atoms with Gasteiger partial charge >= 0.3 is 0 Å². The molecule has 1 aromatic rings. The van der Waals surface area contributed by atoms with Crippen LogP contribution >= 0.6 is 0 Å². The highest BCUT2D eigenvalue weighted by molar-refractivity contribution is 7.89. The molecule has 4 N–H and O–H groups in total. The van der Waals surface area contributed by atoms with E-state index in [0.29, 0.717) is 12.1 Å². The molecule has 1 atom stereocenters. The fourth-order valence-electron chi connectivity index (χ4n) is 1.86. The van der Waals surface area contributed by atoms with Crippen LogP contribution in [0.5, 0.6) is 0 Å².